The number of hydrogen-bond acceptors (Lipinski definition) is 2. The van der Waals surface area contributed by atoms with E-state index in [1.165, 1.54) is 18.1 Å². The van der Waals surface area contributed by atoms with Gasteiger partial charge in [-0.3, -0.25) is 0 Å². The summed E-state index contributed by atoms with van der Waals surface area (Å²) >= 11 is 0. The minimum absolute atomic E-state index is 0.0696. The molecule has 0 amide bonds. The third kappa shape index (κ3) is 6.27. The molecule has 0 fully saturated rings. The van der Waals surface area contributed by atoms with Gasteiger partial charge in [-0.15, -0.1) is 11.5 Å². The van der Waals surface area contributed by atoms with E-state index in [0.29, 0.717) is 6.42 Å². The molecule has 0 aromatic heterocycles. The van der Waals surface area contributed by atoms with E-state index >= 15 is 0 Å². The Bertz CT molecular complexity index is 349. The molecule has 0 unspecified atom stereocenters. The number of hydrogen-bond donors (Lipinski definition) is 1. The number of aliphatic hydroxyl groups is 1. The van der Waals surface area contributed by atoms with Gasteiger partial charge in [0, 0.05) is 6.42 Å². The summed E-state index contributed by atoms with van der Waals surface area (Å²) in [6, 6.07) is 3.67. The Labute approximate surface area is 134 Å². The first kappa shape index (κ1) is 20.9. The van der Waals surface area contributed by atoms with Crippen molar-refractivity contribution in [3.8, 4) is 11.5 Å². The van der Waals surface area contributed by atoms with E-state index < -0.39 is 16.4 Å². The van der Waals surface area contributed by atoms with E-state index in [1.807, 2.05) is 0 Å². The van der Waals surface area contributed by atoms with Crippen LogP contribution in [0.25, 0.3) is 0 Å². The fraction of sp³-hybridized carbons (Fsp3) is 0.882. The molecule has 1 atom stereocenters. The van der Waals surface area contributed by atoms with E-state index in [9.17, 15) is 5.11 Å². The molecule has 0 bridgehead atoms. The Kier molecular flexibility index (Phi) is 8.49. The van der Waals surface area contributed by atoms with Crippen LogP contribution in [0.1, 0.15) is 48.0 Å². The van der Waals surface area contributed by atoms with Crippen LogP contribution in [-0.2, 0) is 4.43 Å². The Morgan fingerprint density at radius 2 is 1.52 bits per heavy atom. The van der Waals surface area contributed by atoms with Gasteiger partial charge in [0.1, 0.15) is 8.07 Å². The van der Waals surface area contributed by atoms with Crippen LogP contribution in [0, 0.1) is 11.5 Å². The second kappa shape index (κ2) is 8.52. The zero-order valence-electron chi connectivity index (χ0n) is 15.5. The maximum Gasteiger partial charge on any atom is 0.192 e. The second-order valence-electron chi connectivity index (χ2n) is 7.53. The molecule has 0 radical (unpaired) electrons. The van der Waals surface area contributed by atoms with Gasteiger partial charge in [-0.2, -0.15) is 0 Å². The highest BCUT2D eigenvalue weighted by Crippen LogP contribution is 2.37. The van der Waals surface area contributed by atoms with Gasteiger partial charge in [-0.1, -0.05) is 41.5 Å². The highest BCUT2D eigenvalue weighted by atomic mass is 28.4. The molecule has 0 aromatic rings. The van der Waals surface area contributed by atoms with Crippen molar-refractivity contribution >= 4 is 16.4 Å². The van der Waals surface area contributed by atoms with Gasteiger partial charge < -0.3 is 9.53 Å². The molecule has 0 aliphatic rings. The molecule has 124 valence electrons. The summed E-state index contributed by atoms with van der Waals surface area (Å²) in [4.78, 5) is 0. The van der Waals surface area contributed by atoms with E-state index in [4.69, 9.17) is 4.43 Å². The van der Waals surface area contributed by atoms with Gasteiger partial charge in [0.15, 0.2) is 8.32 Å². The van der Waals surface area contributed by atoms with Gasteiger partial charge in [0.05, 0.1) is 12.7 Å². The van der Waals surface area contributed by atoms with Gasteiger partial charge in [0.25, 0.3) is 0 Å². The van der Waals surface area contributed by atoms with E-state index in [0.717, 1.165) is 0 Å². The SMILES string of the molecule is CC[Si](C#CC[C@@H](CO)O[Si](C)(C)C(C)(C)C)(CC)CC. The van der Waals surface area contributed by atoms with Crippen molar-refractivity contribution in [3.63, 3.8) is 0 Å². The minimum atomic E-state index is -1.83. The van der Waals surface area contributed by atoms with Crippen LogP contribution < -0.4 is 0 Å². The molecule has 0 saturated carbocycles. The quantitative estimate of drug-likeness (QED) is 0.537. The molecule has 0 aliphatic heterocycles. The lowest BCUT2D eigenvalue weighted by atomic mass is 10.2. The largest absolute Gasteiger partial charge is 0.411 e. The molecule has 0 rings (SSSR count). The fourth-order valence-corrected chi connectivity index (χ4v) is 5.96. The van der Waals surface area contributed by atoms with Crippen LogP contribution in [0.5, 0.6) is 0 Å². The highest BCUT2D eigenvalue weighted by Gasteiger charge is 2.38. The van der Waals surface area contributed by atoms with Crippen molar-refractivity contribution in [1.29, 1.82) is 0 Å². The maximum absolute atomic E-state index is 9.60. The van der Waals surface area contributed by atoms with Crippen molar-refractivity contribution in [2.45, 2.75) is 90.3 Å². The zero-order valence-corrected chi connectivity index (χ0v) is 17.5. The first-order valence-electron chi connectivity index (χ1n) is 8.36. The normalized spacial score (nSPS) is 14.5. The van der Waals surface area contributed by atoms with Crippen molar-refractivity contribution in [2.24, 2.45) is 0 Å². The highest BCUT2D eigenvalue weighted by molar-refractivity contribution is 6.87. The molecule has 21 heavy (non-hydrogen) atoms. The summed E-state index contributed by atoms with van der Waals surface area (Å²) in [6.07, 6.45) is 0.535. The fourth-order valence-electron chi connectivity index (χ4n) is 2.10. The standard InChI is InChI=1S/C17H36O2Si2/c1-9-21(10-2,11-3)14-12-13-16(15-18)19-20(7,8)17(4,5)6/h16,18H,9-11,13,15H2,1-8H3/t16-/m0/s1. The number of rotatable bonds is 7. The van der Waals surface area contributed by atoms with Crippen molar-refractivity contribution < 1.29 is 9.53 Å². The first-order chi connectivity index (χ1) is 9.57. The molecular formula is C17H36O2Si2. The average molecular weight is 329 g/mol. The summed E-state index contributed by atoms with van der Waals surface area (Å²) in [5.74, 6) is 3.35. The predicted octanol–water partition coefficient (Wildman–Crippen LogP) is 4.81. The van der Waals surface area contributed by atoms with Gasteiger partial charge in [0.2, 0.25) is 0 Å². The Morgan fingerprint density at radius 3 is 1.86 bits per heavy atom. The molecule has 1 N–H and O–H groups in total. The monoisotopic (exact) mass is 328 g/mol. The molecule has 0 spiro atoms. The van der Waals surface area contributed by atoms with Crippen LogP contribution in [0.3, 0.4) is 0 Å². The Balaban J connectivity index is 4.83. The summed E-state index contributed by atoms with van der Waals surface area (Å²) < 4.78 is 6.27. The third-order valence-electron chi connectivity index (χ3n) is 5.18. The third-order valence-corrected chi connectivity index (χ3v) is 14.5. The molecule has 0 aliphatic carbocycles. The molecule has 0 heterocycles. The summed E-state index contributed by atoms with van der Waals surface area (Å²) in [6.45, 7) is 18.0. The van der Waals surface area contributed by atoms with Crippen LogP contribution in [-0.4, -0.2) is 34.2 Å². The summed E-state index contributed by atoms with van der Waals surface area (Å²) in [7, 11) is -3.21. The molecule has 0 saturated heterocycles. The topological polar surface area (TPSA) is 29.5 Å². The summed E-state index contributed by atoms with van der Waals surface area (Å²) in [5.41, 5.74) is 3.58. The Hall–Kier alpha value is -0.0862. The maximum atomic E-state index is 9.60. The van der Waals surface area contributed by atoms with Crippen LogP contribution >= 0.6 is 0 Å². The predicted molar refractivity (Wildman–Crippen MR) is 98.7 cm³/mol. The molecule has 0 aromatic carbocycles. The second-order valence-corrected chi connectivity index (χ2v) is 17.2. The smallest absolute Gasteiger partial charge is 0.192 e. The number of aliphatic hydroxyl groups excluding tert-OH is 1. The lowest BCUT2D eigenvalue weighted by molar-refractivity contribution is 0.107. The van der Waals surface area contributed by atoms with Gasteiger partial charge in [-0.25, -0.2) is 0 Å². The van der Waals surface area contributed by atoms with E-state index in [-0.39, 0.29) is 17.7 Å². The van der Waals surface area contributed by atoms with Crippen molar-refractivity contribution in [2.75, 3.05) is 6.61 Å². The van der Waals surface area contributed by atoms with Crippen LogP contribution in [0.4, 0.5) is 0 Å². The van der Waals surface area contributed by atoms with E-state index in [2.05, 4.69) is 66.1 Å². The van der Waals surface area contributed by atoms with Gasteiger partial charge in [-0.05, 0) is 36.3 Å². The summed E-state index contributed by atoms with van der Waals surface area (Å²) in [5, 5.41) is 9.77. The Morgan fingerprint density at radius 1 is 1.05 bits per heavy atom. The lowest BCUT2D eigenvalue weighted by Crippen LogP contribution is -2.44. The molecule has 2 nitrogen and oxygen atoms in total. The zero-order chi connectivity index (χ0) is 16.7. The van der Waals surface area contributed by atoms with Crippen LogP contribution in [0.15, 0.2) is 0 Å². The molecular weight excluding hydrogens is 292 g/mol. The minimum Gasteiger partial charge on any atom is -0.411 e. The average Bonchev–Trinajstić information content (AvgIpc) is 2.41. The molecule has 4 heteroatoms. The van der Waals surface area contributed by atoms with E-state index in [1.54, 1.807) is 0 Å². The lowest BCUT2D eigenvalue weighted by Gasteiger charge is -2.38. The van der Waals surface area contributed by atoms with Crippen molar-refractivity contribution in [3.05, 3.63) is 0 Å². The van der Waals surface area contributed by atoms with Crippen LogP contribution in [0.2, 0.25) is 36.3 Å². The first-order valence-corrected chi connectivity index (χ1v) is 13.9. The van der Waals surface area contributed by atoms with Crippen molar-refractivity contribution in [1.82, 2.24) is 0 Å². The van der Waals surface area contributed by atoms with Gasteiger partial charge >= 0.3 is 0 Å².